The number of carbonyl (C=O) groups excluding carboxylic acids is 1. The Morgan fingerprint density at radius 1 is 0.800 bits per heavy atom. The van der Waals surface area contributed by atoms with Gasteiger partial charge in [-0.15, -0.1) is 0 Å². The molecule has 4 heteroatoms. The van der Waals surface area contributed by atoms with Gasteiger partial charge in [0.05, 0.1) is 12.7 Å². The highest BCUT2D eigenvalue weighted by molar-refractivity contribution is 5.76. The Balaban J connectivity index is 1.90. The van der Waals surface area contributed by atoms with E-state index in [1.165, 1.54) is 0 Å². The minimum Gasteiger partial charge on any atom is -0.465 e. The molecule has 3 rings (SSSR count). The lowest BCUT2D eigenvalue weighted by Gasteiger charge is -2.33. The molecule has 0 radical (unpaired) electrons. The van der Waals surface area contributed by atoms with Crippen LogP contribution in [0, 0.1) is 0 Å². The van der Waals surface area contributed by atoms with E-state index in [2.05, 4.69) is 0 Å². The number of aliphatic hydroxyl groups is 1. The summed E-state index contributed by atoms with van der Waals surface area (Å²) in [6.07, 6.45) is -0.511. The van der Waals surface area contributed by atoms with E-state index in [9.17, 15) is 9.90 Å². The molecule has 2 atom stereocenters. The molecule has 0 aromatic heterocycles. The summed E-state index contributed by atoms with van der Waals surface area (Å²) in [4.78, 5) is 15.0. The first-order valence-corrected chi connectivity index (χ1v) is 10.4. The third-order valence-electron chi connectivity index (χ3n) is 5.03. The maximum Gasteiger partial charge on any atom is 0.326 e. The van der Waals surface area contributed by atoms with Gasteiger partial charge >= 0.3 is 5.97 Å². The number of carbonyl (C=O) groups is 1. The number of hydrogen-bond acceptors (Lipinski definition) is 4. The molecular weight excluding hydrogens is 374 g/mol. The minimum absolute atomic E-state index is 0.276. The van der Waals surface area contributed by atoms with Crippen molar-refractivity contribution in [1.82, 2.24) is 4.90 Å². The fraction of sp³-hybridized carbons (Fsp3) is 0.269. The Kier molecular flexibility index (Phi) is 8.19. The smallest absolute Gasteiger partial charge is 0.326 e. The van der Waals surface area contributed by atoms with Gasteiger partial charge in [0.2, 0.25) is 0 Å². The van der Waals surface area contributed by atoms with E-state index in [1.807, 2.05) is 95.9 Å². The van der Waals surface area contributed by atoms with E-state index in [1.54, 1.807) is 6.92 Å². The fourth-order valence-corrected chi connectivity index (χ4v) is 3.63. The molecule has 0 saturated heterocycles. The lowest BCUT2D eigenvalue weighted by molar-refractivity contribution is -0.155. The van der Waals surface area contributed by atoms with Crippen molar-refractivity contribution < 1.29 is 14.6 Å². The van der Waals surface area contributed by atoms with Gasteiger partial charge in [-0.2, -0.15) is 0 Å². The Morgan fingerprint density at radius 3 is 1.67 bits per heavy atom. The lowest BCUT2D eigenvalue weighted by atomic mass is 9.99. The Hall–Kier alpha value is -2.95. The molecule has 0 fully saturated rings. The van der Waals surface area contributed by atoms with Crippen molar-refractivity contribution in [3.63, 3.8) is 0 Å². The summed E-state index contributed by atoms with van der Waals surface area (Å²) < 4.78 is 5.38. The first kappa shape index (κ1) is 21.8. The fourth-order valence-electron chi connectivity index (χ4n) is 3.63. The predicted octanol–water partition coefficient (Wildman–Crippen LogP) is 4.22. The van der Waals surface area contributed by atoms with Crippen LogP contribution in [0.4, 0.5) is 0 Å². The average Bonchev–Trinajstić information content (AvgIpc) is 2.76. The van der Waals surface area contributed by atoms with Crippen LogP contribution >= 0.6 is 0 Å². The second-order valence-electron chi connectivity index (χ2n) is 7.33. The van der Waals surface area contributed by atoms with Crippen LogP contribution in [-0.2, 0) is 29.0 Å². The van der Waals surface area contributed by atoms with Crippen molar-refractivity contribution >= 4 is 5.97 Å². The number of aliphatic hydroxyl groups excluding tert-OH is 1. The van der Waals surface area contributed by atoms with Crippen molar-refractivity contribution in [3.05, 3.63) is 108 Å². The zero-order valence-corrected chi connectivity index (χ0v) is 17.4. The van der Waals surface area contributed by atoms with Crippen LogP contribution < -0.4 is 0 Å². The largest absolute Gasteiger partial charge is 0.465 e. The minimum atomic E-state index is -0.890. The average molecular weight is 404 g/mol. The van der Waals surface area contributed by atoms with Crippen LogP contribution in [0.15, 0.2) is 91.0 Å². The summed E-state index contributed by atoms with van der Waals surface area (Å²) in [5.41, 5.74) is 3.14. The van der Waals surface area contributed by atoms with E-state index in [-0.39, 0.29) is 6.61 Å². The van der Waals surface area contributed by atoms with Crippen LogP contribution in [0.1, 0.15) is 23.6 Å². The zero-order chi connectivity index (χ0) is 21.2. The van der Waals surface area contributed by atoms with Crippen molar-refractivity contribution in [2.45, 2.75) is 38.6 Å². The third-order valence-corrected chi connectivity index (χ3v) is 5.03. The summed E-state index contributed by atoms with van der Waals surface area (Å²) in [5, 5.41) is 11.1. The molecule has 156 valence electrons. The van der Waals surface area contributed by atoms with Gasteiger partial charge in [0.1, 0.15) is 6.04 Å². The summed E-state index contributed by atoms with van der Waals surface area (Å²) >= 11 is 0. The maximum absolute atomic E-state index is 13.0. The quantitative estimate of drug-likeness (QED) is 0.515. The normalized spacial score (nSPS) is 13.0. The van der Waals surface area contributed by atoms with Gasteiger partial charge in [-0.3, -0.25) is 9.69 Å². The first-order valence-electron chi connectivity index (χ1n) is 10.4. The number of esters is 1. The molecule has 3 aromatic rings. The number of benzene rings is 3. The Bertz CT molecular complexity index is 842. The molecule has 0 amide bonds. The predicted molar refractivity (Wildman–Crippen MR) is 119 cm³/mol. The van der Waals surface area contributed by atoms with Crippen molar-refractivity contribution in [2.75, 3.05) is 6.61 Å². The van der Waals surface area contributed by atoms with Crippen LogP contribution in [0.2, 0.25) is 0 Å². The second-order valence-corrected chi connectivity index (χ2v) is 7.33. The molecule has 3 aromatic carbocycles. The third kappa shape index (κ3) is 6.28. The van der Waals surface area contributed by atoms with Gasteiger partial charge in [-0.05, 0) is 23.6 Å². The van der Waals surface area contributed by atoms with Gasteiger partial charge in [-0.1, -0.05) is 91.0 Å². The first-order chi connectivity index (χ1) is 14.7. The van der Waals surface area contributed by atoms with E-state index in [4.69, 9.17) is 4.74 Å². The van der Waals surface area contributed by atoms with E-state index < -0.39 is 18.1 Å². The van der Waals surface area contributed by atoms with Crippen molar-refractivity contribution in [3.8, 4) is 0 Å². The van der Waals surface area contributed by atoms with Gasteiger partial charge < -0.3 is 9.84 Å². The molecule has 0 heterocycles. The van der Waals surface area contributed by atoms with Gasteiger partial charge in [0, 0.05) is 19.5 Å². The van der Waals surface area contributed by atoms with E-state index >= 15 is 0 Å². The number of hydrogen-bond donors (Lipinski definition) is 1. The molecule has 30 heavy (non-hydrogen) atoms. The van der Waals surface area contributed by atoms with Crippen LogP contribution in [0.5, 0.6) is 0 Å². The molecule has 1 N–H and O–H groups in total. The van der Waals surface area contributed by atoms with Gasteiger partial charge in [-0.25, -0.2) is 0 Å². The second kappa shape index (κ2) is 11.3. The summed E-state index contributed by atoms with van der Waals surface area (Å²) in [6, 6.07) is 29.0. The highest BCUT2D eigenvalue weighted by Gasteiger charge is 2.34. The molecule has 0 aliphatic rings. The van der Waals surface area contributed by atoms with Crippen molar-refractivity contribution in [2.24, 2.45) is 0 Å². The monoisotopic (exact) mass is 403 g/mol. The van der Waals surface area contributed by atoms with E-state index in [0.29, 0.717) is 19.5 Å². The van der Waals surface area contributed by atoms with Crippen molar-refractivity contribution in [1.29, 1.82) is 0 Å². The molecule has 0 unspecified atom stereocenters. The standard InChI is InChI=1S/C26H29NO3/c1-2-30-26(29)25(24(28)18-21-12-6-3-7-13-21)27(19-22-14-8-4-9-15-22)20-23-16-10-5-11-17-23/h3-17,24-25,28H,2,18-20H2,1H3/t24-,25-/m0/s1. The molecule has 0 spiro atoms. The Labute approximate surface area is 178 Å². The maximum atomic E-state index is 13.0. The van der Waals surface area contributed by atoms with Gasteiger partial charge in [0.25, 0.3) is 0 Å². The molecular formula is C26H29NO3. The lowest BCUT2D eigenvalue weighted by Crippen LogP contribution is -2.50. The number of rotatable bonds is 10. The highest BCUT2D eigenvalue weighted by atomic mass is 16.5. The molecule has 0 aliphatic heterocycles. The SMILES string of the molecule is CCOC(=O)[C@H]([C@@H](O)Cc1ccccc1)N(Cc1ccccc1)Cc1ccccc1. The molecule has 4 nitrogen and oxygen atoms in total. The van der Waals surface area contributed by atoms with Crippen LogP contribution in [-0.4, -0.2) is 34.7 Å². The van der Waals surface area contributed by atoms with Crippen LogP contribution in [0.25, 0.3) is 0 Å². The van der Waals surface area contributed by atoms with Crippen LogP contribution in [0.3, 0.4) is 0 Å². The zero-order valence-electron chi connectivity index (χ0n) is 17.4. The summed E-state index contributed by atoms with van der Waals surface area (Å²) in [7, 11) is 0. The molecule has 0 bridgehead atoms. The summed E-state index contributed by atoms with van der Waals surface area (Å²) in [6.45, 7) is 3.13. The summed E-state index contributed by atoms with van der Waals surface area (Å²) in [5.74, 6) is -0.396. The highest BCUT2D eigenvalue weighted by Crippen LogP contribution is 2.19. The molecule has 0 aliphatic carbocycles. The van der Waals surface area contributed by atoms with E-state index in [0.717, 1.165) is 16.7 Å². The Morgan fingerprint density at radius 2 is 1.23 bits per heavy atom. The molecule has 0 saturated carbocycles. The topological polar surface area (TPSA) is 49.8 Å². The van der Waals surface area contributed by atoms with Gasteiger partial charge in [0.15, 0.2) is 0 Å². The number of ether oxygens (including phenoxy) is 1. The number of nitrogens with zero attached hydrogens (tertiary/aromatic N) is 1.